The Morgan fingerprint density at radius 3 is 2.10 bits per heavy atom. The fourth-order valence-corrected chi connectivity index (χ4v) is 3.46. The van der Waals surface area contributed by atoms with Gasteiger partial charge in [-0.15, -0.1) is 0 Å². The van der Waals surface area contributed by atoms with Crippen LogP contribution in [0, 0.1) is 11.3 Å². The lowest BCUT2D eigenvalue weighted by atomic mass is 9.73. The molecule has 0 unspecified atom stereocenters. The fraction of sp³-hybridized carbons (Fsp3) is 0.632. The molecule has 0 aromatic heterocycles. The van der Waals surface area contributed by atoms with E-state index in [2.05, 4.69) is 56.0 Å². The number of nitrogens with zero attached hydrogens (tertiary/aromatic N) is 2. The van der Waals surface area contributed by atoms with E-state index in [9.17, 15) is 5.26 Å². The summed E-state index contributed by atoms with van der Waals surface area (Å²) in [5.41, 5.74) is 2.47. The van der Waals surface area contributed by atoms with Gasteiger partial charge >= 0.3 is 0 Å². The summed E-state index contributed by atoms with van der Waals surface area (Å²) < 4.78 is 0. The summed E-state index contributed by atoms with van der Waals surface area (Å²) in [6.45, 7) is 8.86. The van der Waals surface area contributed by atoms with Gasteiger partial charge in [-0.3, -0.25) is 0 Å². The van der Waals surface area contributed by atoms with Crippen LogP contribution in [-0.2, 0) is 10.8 Å². The van der Waals surface area contributed by atoms with Gasteiger partial charge in [-0.1, -0.05) is 45.0 Å². The van der Waals surface area contributed by atoms with E-state index in [0.717, 1.165) is 32.0 Å². The largest absolute Gasteiger partial charge is 0.300 e. The van der Waals surface area contributed by atoms with E-state index in [1.807, 2.05) is 0 Å². The molecular formula is C19H26N2. The Balaban J connectivity index is 1.78. The molecule has 0 amide bonds. The molecule has 2 nitrogen and oxygen atoms in total. The quantitative estimate of drug-likeness (QED) is 0.819. The van der Waals surface area contributed by atoms with Gasteiger partial charge in [0.25, 0.3) is 0 Å². The molecule has 1 saturated heterocycles. The summed E-state index contributed by atoms with van der Waals surface area (Å²) in [5, 5.41) is 9.80. The molecule has 1 aromatic carbocycles. The van der Waals surface area contributed by atoms with Crippen LogP contribution >= 0.6 is 0 Å². The molecule has 1 heterocycles. The number of nitriles is 1. The molecule has 21 heavy (non-hydrogen) atoms. The second kappa shape index (κ2) is 5.14. The Morgan fingerprint density at radius 2 is 1.67 bits per heavy atom. The van der Waals surface area contributed by atoms with Gasteiger partial charge in [0.15, 0.2) is 0 Å². The summed E-state index contributed by atoms with van der Waals surface area (Å²) in [6.07, 6.45) is 4.68. The van der Waals surface area contributed by atoms with Gasteiger partial charge in [0.2, 0.25) is 0 Å². The first-order valence-electron chi connectivity index (χ1n) is 8.21. The van der Waals surface area contributed by atoms with Crippen molar-refractivity contribution in [1.29, 1.82) is 5.26 Å². The number of hydrogen-bond donors (Lipinski definition) is 0. The normalized spacial score (nSPS) is 22.8. The van der Waals surface area contributed by atoms with Crippen molar-refractivity contribution in [3.63, 3.8) is 0 Å². The molecule has 1 aliphatic heterocycles. The second-order valence-electron chi connectivity index (χ2n) is 7.79. The molecule has 2 fully saturated rings. The predicted molar refractivity (Wildman–Crippen MR) is 86.3 cm³/mol. The topological polar surface area (TPSA) is 27.0 Å². The lowest BCUT2D eigenvalue weighted by Crippen LogP contribution is -2.42. The average molecular weight is 282 g/mol. The number of rotatable bonds is 2. The Morgan fingerprint density at radius 1 is 1.10 bits per heavy atom. The summed E-state index contributed by atoms with van der Waals surface area (Å²) in [6, 6.07) is 12.3. The summed E-state index contributed by atoms with van der Waals surface area (Å²) in [5.74, 6) is 0. The van der Waals surface area contributed by atoms with Crippen LogP contribution in [0.5, 0.6) is 0 Å². The Hall–Kier alpha value is -1.33. The third-order valence-electron chi connectivity index (χ3n) is 5.23. The molecule has 112 valence electrons. The lowest BCUT2D eigenvalue weighted by molar-refractivity contribution is 0.178. The zero-order valence-corrected chi connectivity index (χ0v) is 13.5. The van der Waals surface area contributed by atoms with Crippen molar-refractivity contribution in [3.05, 3.63) is 35.4 Å². The van der Waals surface area contributed by atoms with E-state index >= 15 is 0 Å². The van der Waals surface area contributed by atoms with Crippen LogP contribution in [0.2, 0.25) is 0 Å². The maximum Gasteiger partial charge on any atom is 0.0846 e. The molecule has 1 saturated carbocycles. The van der Waals surface area contributed by atoms with Crippen LogP contribution < -0.4 is 0 Å². The smallest absolute Gasteiger partial charge is 0.0846 e. The van der Waals surface area contributed by atoms with Crippen molar-refractivity contribution in [2.45, 2.75) is 63.3 Å². The Kier molecular flexibility index (Phi) is 3.58. The highest BCUT2D eigenvalue weighted by Crippen LogP contribution is 2.39. The van der Waals surface area contributed by atoms with Gasteiger partial charge in [-0.05, 0) is 42.2 Å². The molecule has 0 radical (unpaired) electrons. The SMILES string of the molecule is CC(C)(C)c1ccc(C2(C#N)CCN(C3CC3)CC2)cc1. The van der Waals surface area contributed by atoms with Gasteiger partial charge in [0.05, 0.1) is 11.5 Å². The molecule has 1 aromatic rings. The highest BCUT2D eigenvalue weighted by Gasteiger charge is 2.40. The monoisotopic (exact) mass is 282 g/mol. The molecule has 0 atom stereocenters. The first kappa shape index (κ1) is 14.6. The van der Waals surface area contributed by atoms with Crippen LogP contribution in [-0.4, -0.2) is 24.0 Å². The zero-order valence-electron chi connectivity index (χ0n) is 13.5. The average Bonchev–Trinajstić information content (AvgIpc) is 3.31. The Bertz CT molecular complexity index is 532. The molecule has 0 N–H and O–H groups in total. The second-order valence-corrected chi connectivity index (χ2v) is 7.79. The molecule has 1 aliphatic carbocycles. The minimum atomic E-state index is -0.262. The number of likely N-dealkylation sites (tertiary alicyclic amines) is 1. The summed E-state index contributed by atoms with van der Waals surface area (Å²) >= 11 is 0. The first-order chi connectivity index (χ1) is 9.94. The highest BCUT2D eigenvalue weighted by molar-refractivity contribution is 5.37. The van der Waals surface area contributed by atoms with E-state index in [4.69, 9.17) is 0 Å². The van der Waals surface area contributed by atoms with Crippen LogP contribution in [0.3, 0.4) is 0 Å². The summed E-state index contributed by atoms with van der Waals surface area (Å²) in [4.78, 5) is 2.58. The van der Waals surface area contributed by atoms with E-state index < -0.39 is 0 Å². The highest BCUT2D eigenvalue weighted by atomic mass is 15.2. The van der Waals surface area contributed by atoms with Crippen molar-refractivity contribution in [1.82, 2.24) is 4.90 Å². The molecule has 2 aliphatic rings. The number of hydrogen-bond acceptors (Lipinski definition) is 2. The van der Waals surface area contributed by atoms with Crippen molar-refractivity contribution in [3.8, 4) is 6.07 Å². The Labute approximate surface area is 128 Å². The predicted octanol–water partition coefficient (Wildman–Crippen LogP) is 4.00. The van der Waals surface area contributed by atoms with E-state index in [-0.39, 0.29) is 10.8 Å². The van der Waals surface area contributed by atoms with Crippen LogP contribution in [0.25, 0.3) is 0 Å². The zero-order chi connectivity index (χ0) is 15.1. The van der Waals surface area contributed by atoms with Crippen LogP contribution in [0.1, 0.15) is 57.6 Å². The van der Waals surface area contributed by atoms with Crippen molar-refractivity contribution in [2.75, 3.05) is 13.1 Å². The van der Waals surface area contributed by atoms with Gasteiger partial charge < -0.3 is 4.90 Å². The van der Waals surface area contributed by atoms with E-state index in [1.165, 1.54) is 24.0 Å². The third-order valence-corrected chi connectivity index (χ3v) is 5.23. The van der Waals surface area contributed by atoms with Crippen molar-refractivity contribution in [2.24, 2.45) is 0 Å². The number of benzene rings is 1. The maximum absolute atomic E-state index is 9.80. The molecule has 0 bridgehead atoms. The van der Waals surface area contributed by atoms with Crippen LogP contribution in [0.15, 0.2) is 24.3 Å². The van der Waals surface area contributed by atoms with E-state index in [0.29, 0.717) is 0 Å². The van der Waals surface area contributed by atoms with Crippen molar-refractivity contribution >= 4 is 0 Å². The molecule has 0 spiro atoms. The van der Waals surface area contributed by atoms with Gasteiger partial charge in [0, 0.05) is 19.1 Å². The molecule has 3 rings (SSSR count). The fourth-order valence-electron chi connectivity index (χ4n) is 3.46. The standard InChI is InChI=1S/C19H26N2/c1-18(2,3)15-4-6-16(7-5-15)19(14-20)10-12-21(13-11-19)17-8-9-17/h4-7,17H,8-13H2,1-3H3. The van der Waals surface area contributed by atoms with Gasteiger partial charge in [-0.25, -0.2) is 0 Å². The first-order valence-corrected chi connectivity index (χ1v) is 8.21. The van der Waals surface area contributed by atoms with Crippen molar-refractivity contribution < 1.29 is 0 Å². The van der Waals surface area contributed by atoms with Gasteiger partial charge in [0.1, 0.15) is 0 Å². The minimum absolute atomic E-state index is 0.174. The molecular weight excluding hydrogens is 256 g/mol. The van der Waals surface area contributed by atoms with Crippen LogP contribution in [0.4, 0.5) is 0 Å². The lowest BCUT2D eigenvalue weighted by Gasteiger charge is -2.38. The number of piperidine rings is 1. The molecule has 2 heteroatoms. The minimum Gasteiger partial charge on any atom is -0.300 e. The third kappa shape index (κ3) is 2.85. The summed E-state index contributed by atoms with van der Waals surface area (Å²) in [7, 11) is 0. The van der Waals surface area contributed by atoms with E-state index in [1.54, 1.807) is 0 Å². The maximum atomic E-state index is 9.80. The van der Waals surface area contributed by atoms with Gasteiger partial charge in [-0.2, -0.15) is 5.26 Å².